The first kappa shape index (κ1) is 16.0. The number of likely N-dealkylation sites (tertiary alicyclic amines) is 1. The van der Waals surface area contributed by atoms with Crippen LogP contribution in [0.4, 0.5) is 5.69 Å². The monoisotopic (exact) mass is 311 g/mol. The fourth-order valence-corrected chi connectivity index (χ4v) is 3.33. The molecule has 1 aliphatic heterocycles. The zero-order valence-electron chi connectivity index (χ0n) is 13.9. The van der Waals surface area contributed by atoms with Gasteiger partial charge in [0.2, 0.25) is 5.91 Å². The Morgan fingerprint density at radius 1 is 1.22 bits per heavy atom. The first-order chi connectivity index (χ1) is 11.2. The van der Waals surface area contributed by atoms with E-state index in [0.29, 0.717) is 6.04 Å². The molecule has 1 fully saturated rings. The van der Waals surface area contributed by atoms with Crippen LogP contribution < -0.4 is 10.6 Å². The lowest BCUT2D eigenvalue weighted by atomic mass is 10.0. The van der Waals surface area contributed by atoms with Gasteiger partial charge in [-0.2, -0.15) is 0 Å². The van der Waals surface area contributed by atoms with Crippen molar-refractivity contribution in [3.05, 3.63) is 42.5 Å². The molecular formula is C19H25N3O. The molecule has 2 atom stereocenters. The van der Waals surface area contributed by atoms with Crippen LogP contribution in [0, 0.1) is 0 Å². The first-order valence-corrected chi connectivity index (χ1v) is 8.39. The highest BCUT2D eigenvalue weighted by Crippen LogP contribution is 2.23. The van der Waals surface area contributed by atoms with Gasteiger partial charge in [-0.15, -0.1) is 0 Å². The first-order valence-electron chi connectivity index (χ1n) is 8.39. The number of anilines is 1. The number of nitrogens with one attached hydrogen (secondary N) is 2. The minimum Gasteiger partial charge on any atom is -0.324 e. The fraction of sp³-hybridized carbons (Fsp3) is 0.421. The number of likely N-dealkylation sites (N-methyl/N-ethyl adjacent to an activating group) is 1. The summed E-state index contributed by atoms with van der Waals surface area (Å²) in [6, 6.07) is 14.5. The summed E-state index contributed by atoms with van der Waals surface area (Å²) >= 11 is 0. The number of carbonyl (C=O) groups excluding carboxylic acids is 1. The molecule has 0 radical (unpaired) electrons. The van der Waals surface area contributed by atoms with Gasteiger partial charge in [-0.05, 0) is 44.8 Å². The minimum absolute atomic E-state index is 0.0677. The number of nitrogens with zero attached hydrogens (tertiary/aromatic N) is 1. The van der Waals surface area contributed by atoms with Gasteiger partial charge in [0, 0.05) is 23.7 Å². The summed E-state index contributed by atoms with van der Waals surface area (Å²) in [4.78, 5) is 14.9. The van der Waals surface area contributed by atoms with Crippen molar-refractivity contribution in [1.82, 2.24) is 10.2 Å². The minimum atomic E-state index is -0.120. The highest BCUT2D eigenvalue weighted by atomic mass is 16.2. The Balaban J connectivity index is 1.73. The van der Waals surface area contributed by atoms with E-state index in [0.717, 1.165) is 36.0 Å². The number of rotatable bonds is 4. The van der Waals surface area contributed by atoms with E-state index in [2.05, 4.69) is 27.7 Å². The molecule has 0 aromatic heterocycles. The second kappa shape index (κ2) is 7.11. The molecule has 122 valence electrons. The summed E-state index contributed by atoms with van der Waals surface area (Å²) in [6.45, 7) is 3.92. The average molecular weight is 311 g/mol. The van der Waals surface area contributed by atoms with E-state index >= 15 is 0 Å². The van der Waals surface area contributed by atoms with E-state index in [-0.39, 0.29) is 11.9 Å². The van der Waals surface area contributed by atoms with Gasteiger partial charge >= 0.3 is 0 Å². The van der Waals surface area contributed by atoms with Crippen molar-refractivity contribution >= 4 is 22.4 Å². The molecule has 4 heteroatoms. The molecule has 1 aliphatic rings. The van der Waals surface area contributed by atoms with Gasteiger partial charge < -0.3 is 10.6 Å². The lowest BCUT2D eigenvalue weighted by molar-refractivity contribution is -0.121. The van der Waals surface area contributed by atoms with Crippen LogP contribution in [0.25, 0.3) is 10.8 Å². The number of hydrogen-bond donors (Lipinski definition) is 2. The molecule has 1 amide bonds. The summed E-state index contributed by atoms with van der Waals surface area (Å²) in [5.74, 6) is 0.0677. The molecule has 2 aromatic rings. The van der Waals surface area contributed by atoms with Crippen LogP contribution in [-0.2, 0) is 4.79 Å². The molecular weight excluding hydrogens is 286 g/mol. The van der Waals surface area contributed by atoms with Gasteiger partial charge in [0.1, 0.15) is 0 Å². The van der Waals surface area contributed by atoms with E-state index in [9.17, 15) is 4.79 Å². The maximum atomic E-state index is 12.7. The normalized spacial score (nSPS) is 20.3. The SMILES string of the molecule is CNC1CCCN(C(C)C(=O)Nc2cccc3ccccc23)C1. The van der Waals surface area contributed by atoms with Crippen LogP contribution in [0.2, 0.25) is 0 Å². The summed E-state index contributed by atoms with van der Waals surface area (Å²) in [6.07, 6.45) is 2.32. The maximum Gasteiger partial charge on any atom is 0.241 e. The smallest absolute Gasteiger partial charge is 0.241 e. The molecule has 0 spiro atoms. The topological polar surface area (TPSA) is 44.4 Å². The second-order valence-electron chi connectivity index (χ2n) is 6.31. The van der Waals surface area contributed by atoms with Gasteiger partial charge in [0.15, 0.2) is 0 Å². The Kier molecular flexibility index (Phi) is 4.94. The number of fused-ring (bicyclic) bond motifs is 1. The van der Waals surface area contributed by atoms with Crippen LogP contribution in [0.3, 0.4) is 0 Å². The molecule has 0 saturated carbocycles. The van der Waals surface area contributed by atoms with Gasteiger partial charge in [-0.25, -0.2) is 0 Å². The van der Waals surface area contributed by atoms with E-state index in [1.165, 1.54) is 6.42 Å². The van der Waals surface area contributed by atoms with Crippen LogP contribution >= 0.6 is 0 Å². The summed E-state index contributed by atoms with van der Waals surface area (Å²) in [7, 11) is 2.00. The highest BCUT2D eigenvalue weighted by Gasteiger charge is 2.26. The van der Waals surface area contributed by atoms with Crippen molar-refractivity contribution in [2.24, 2.45) is 0 Å². The van der Waals surface area contributed by atoms with Crippen LogP contribution in [0.15, 0.2) is 42.5 Å². The lowest BCUT2D eigenvalue weighted by Crippen LogP contribution is -2.51. The lowest BCUT2D eigenvalue weighted by Gasteiger charge is -2.36. The molecule has 23 heavy (non-hydrogen) atoms. The van der Waals surface area contributed by atoms with E-state index in [4.69, 9.17) is 0 Å². The second-order valence-corrected chi connectivity index (χ2v) is 6.31. The number of benzene rings is 2. The van der Waals surface area contributed by atoms with Crippen LogP contribution in [-0.4, -0.2) is 43.0 Å². The largest absolute Gasteiger partial charge is 0.324 e. The Morgan fingerprint density at radius 3 is 2.83 bits per heavy atom. The third-order valence-corrected chi connectivity index (χ3v) is 4.84. The quantitative estimate of drug-likeness (QED) is 0.912. The van der Waals surface area contributed by atoms with Gasteiger partial charge in [0.25, 0.3) is 0 Å². The summed E-state index contributed by atoms with van der Waals surface area (Å²) < 4.78 is 0. The molecule has 2 aromatic carbocycles. The highest BCUT2D eigenvalue weighted by molar-refractivity contribution is 6.03. The van der Waals surface area contributed by atoms with Gasteiger partial charge in [-0.3, -0.25) is 9.69 Å². The van der Waals surface area contributed by atoms with Crippen molar-refractivity contribution < 1.29 is 4.79 Å². The summed E-state index contributed by atoms with van der Waals surface area (Å²) in [5, 5.41) is 8.67. The van der Waals surface area contributed by atoms with E-state index < -0.39 is 0 Å². The number of piperidine rings is 1. The number of amides is 1. The van der Waals surface area contributed by atoms with Gasteiger partial charge in [0.05, 0.1) is 6.04 Å². The molecule has 4 nitrogen and oxygen atoms in total. The molecule has 1 heterocycles. The maximum absolute atomic E-state index is 12.7. The Morgan fingerprint density at radius 2 is 2.00 bits per heavy atom. The van der Waals surface area contributed by atoms with E-state index in [1.54, 1.807) is 0 Å². The summed E-state index contributed by atoms with van der Waals surface area (Å²) in [5.41, 5.74) is 0.891. The standard InChI is InChI=1S/C19H25N3O/c1-14(22-12-6-9-16(13-22)20-2)19(23)21-18-11-5-8-15-7-3-4-10-17(15)18/h3-5,7-8,10-11,14,16,20H,6,9,12-13H2,1-2H3,(H,21,23). The molecule has 1 saturated heterocycles. The number of hydrogen-bond acceptors (Lipinski definition) is 3. The number of carbonyl (C=O) groups is 1. The molecule has 2 N–H and O–H groups in total. The zero-order chi connectivity index (χ0) is 16.2. The molecule has 0 aliphatic carbocycles. The Bertz CT molecular complexity index is 680. The van der Waals surface area contributed by atoms with Crippen LogP contribution in [0.5, 0.6) is 0 Å². The molecule has 0 bridgehead atoms. The van der Waals surface area contributed by atoms with Crippen molar-refractivity contribution in [3.8, 4) is 0 Å². The van der Waals surface area contributed by atoms with Crippen LogP contribution in [0.1, 0.15) is 19.8 Å². The Labute approximate surface area is 137 Å². The zero-order valence-corrected chi connectivity index (χ0v) is 13.9. The van der Waals surface area contributed by atoms with Crippen molar-refractivity contribution in [3.63, 3.8) is 0 Å². The van der Waals surface area contributed by atoms with Gasteiger partial charge in [-0.1, -0.05) is 36.4 Å². The fourth-order valence-electron chi connectivity index (χ4n) is 3.33. The third-order valence-electron chi connectivity index (χ3n) is 4.84. The van der Waals surface area contributed by atoms with Crippen molar-refractivity contribution in [2.75, 3.05) is 25.5 Å². The predicted molar refractivity (Wildman–Crippen MR) is 95.7 cm³/mol. The van der Waals surface area contributed by atoms with E-state index in [1.807, 2.05) is 44.3 Å². The molecule has 2 unspecified atom stereocenters. The predicted octanol–water partition coefficient (Wildman–Crippen LogP) is 2.85. The Hall–Kier alpha value is -1.91. The average Bonchev–Trinajstić information content (AvgIpc) is 2.61. The third kappa shape index (κ3) is 3.54. The van der Waals surface area contributed by atoms with Crippen molar-refractivity contribution in [2.45, 2.75) is 31.8 Å². The molecule has 3 rings (SSSR count). The van der Waals surface area contributed by atoms with Crippen molar-refractivity contribution in [1.29, 1.82) is 0 Å².